The van der Waals surface area contributed by atoms with Crippen molar-refractivity contribution in [3.05, 3.63) is 33.3 Å². The topological polar surface area (TPSA) is 32.3 Å². The van der Waals surface area contributed by atoms with Crippen LogP contribution in [0.2, 0.25) is 5.02 Å². The molecule has 1 aliphatic heterocycles. The second-order valence-electron chi connectivity index (χ2n) is 5.95. The second kappa shape index (κ2) is 7.61. The lowest BCUT2D eigenvalue weighted by molar-refractivity contribution is 0.0672. The summed E-state index contributed by atoms with van der Waals surface area (Å²) in [6, 6.07) is 5.92. The van der Waals surface area contributed by atoms with E-state index < -0.39 is 0 Å². The molecular formula is C16H22BrClN2O. The van der Waals surface area contributed by atoms with Crippen LogP contribution in [0.4, 0.5) is 0 Å². The molecule has 21 heavy (non-hydrogen) atoms. The van der Waals surface area contributed by atoms with Crippen LogP contribution in [0.1, 0.15) is 37.0 Å². The molecule has 1 aliphatic rings. The lowest BCUT2D eigenvalue weighted by Crippen LogP contribution is -2.43. The molecule has 2 rings (SSSR count). The zero-order valence-electron chi connectivity index (χ0n) is 12.5. The number of hydrogen-bond donors (Lipinski definition) is 1. The quantitative estimate of drug-likeness (QED) is 0.866. The van der Waals surface area contributed by atoms with E-state index in [2.05, 4.69) is 35.1 Å². The largest absolute Gasteiger partial charge is 0.338 e. The number of piperidine rings is 1. The number of hydrogen-bond acceptors (Lipinski definition) is 2. The van der Waals surface area contributed by atoms with Gasteiger partial charge in [-0.25, -0.2) is 0 Å². The second-order valence-corrected chi connectivity index (χ2v) is 7.27. The Labute approximate surface area is 140 Å². The monoisotopic (exact) mass is 372 g/mol. The van der Waals surface area contributed by atoms with Crippen LogP contribution in [0.25, 0.3) is 0 Å². The Balaban J connectivity index is 2.01. The third-order valence-corrected chi connectivity index (χ3v) is 4.59. The number of amides is 1. The SMILES string of the molecule is CC(C)NCC1CCCN(C(=O)c2ccc(Br)cc2Cl)C1. The average molecular weight is 374 g/mol. The van der Waals surface area contributed by atoms with Crippen molar-refractivity contribution in [1.82, 2.24) is 10.2 Å². The van der Waals surface area contributed by atoms with Crippen molar-refractivity contribution in [2.75, 3.05) is 19.6 Å². The van der Waals surface area contributed by atoms with Crippen LogP contribution in [0.5, 0.6) is 0 Å². The summed E-state index contributed by atoms with van der Waals surface area (Å²) in [6.07, 6.45) is 2.24. The summed E-state index contributed by atoms with van der Waals surface area (Å²) in [5.74, 6) is 0.570. The van der Waals surface area contributed by atoms with Gasteiger partial charge in [-0.15, -0.1) is 0 Å². The summed E-state index contributed by atoms with van der Waals surface area (Å²) in [6.45, 7) is 6.89. The molecule has 1 saturated heterocycles. The molecule has 0 bridgehead atoms. The fourth-order valence-corrected chi connectivity index (χ4v) is 3.41. The molecule has 116 valence electrons. The van der Waals surface area contributed by atoms with Gasteiger partial charge in [-0.3, -0.25) is 4.79 Å². The third kappa shape index (κ3) is 4.70. The highest BCUT2D eigenvalue weighted by atomic mass is 79.9. The van der Waals surface area contributed by atoms with Crippen molar-refractivity contribution in [2.24, 2.45) is 5.92 Å². The molecular weight excluding hydrogens is 352 g/mol. The lowest BCUT2D eigenvalue weighted by Gasteiger charge is -2.33. The molecule has 1 aromatic carbocycles. The highest BCUT2D eigenvalue weighted by Gasteiger charge is 2.25. The highest BCUT2D eigenvalue weighted by molar-refractivity contribution is 9.10. The molecule has 0 aromatic heterocycles. The predicted octanol–water partition coefficient (Wildman–Crippen LogP) is 3.95. The Morgan fingerprint density at radius 1 is 1.52 bits per heavy atom. The van der Waals surface area contributed by atoms with Crippen molar-refractivity contribution >= 4 is 33.4 Å². The first-order valence-electron chi connectivity index (χ1n) is 7.45. The molecule has 1 unspecified atom stereocenters. The normalized spacial score (nSPS) is 19.1. The smallest absolute Gasteiger partial charge is 0.255 e. The fourth-order valence-electron chi connectivity index (χ4n) is 2.65. The van der Waals surface area contributed by atoms with Crippen molar-refractivity contribution in [2.45, 2.75) is 32.7 Å². The van der Waals surface area contributed by atoms with Crippen LogP contribution in [-0.4, -0.2) is 36.5 Å². The van der Waals surface area contributed by atoms with E-state index in [1.165, 1.54) is 6.42 Å². The summed E-state index contributed by atoms with van der Waals surface area (Å²) in [5, 5.41) is 3.97. The molecule has 1 atom stereocenters. The molecule has 1 heterocycles. The van der Waals surface area contributed by atoms with Gasteiger partial charge in [-0.2, -0.15) is 0 Å². The van der Waals surface area contributed by atoms with Crippen molar-refractivity contribution in [3.8, 4) is 0 Å². The number of nitrogens with zero attached hydrogens (tertiary/aromatic N) is 1. The Bertz CT molecular complexity index is 507. The van der Waals surface area contributed by atoms with Crippen LogP contribution in [0.3, 0.4) is 0 Å². The number of benzene rings is 1. The minimum Gasteiger partial charge on any atom is -0.338 e. The zero-order valence-corrected chi connectivity index (χ0v) is 14.9. The average Bonchev–Trinajstić information content (AvgIpc) is 2.45. The Morgan fingerprint density at radius 3 is 2.95 bits per heavy atom. The fraction of sp³-hybridized carbons (Fsp3) is 0.562. The predicted molar refractivity (Wildman–Crippen MR) is 90.9 cm³/mol. The van der Waals surface area contributed by atoms with Crippen LogP contribution in [-0.2, 0) is 0 Å². The van der Waals surface area contributed by atoms with E-state index >= 15 is 0 Å². The maximum Gasteiger partial charge on any atom is 0.255 e. The maximum absolute atomic E-state index is 12.6. The minimum absolute atomic E-state index is 0.0433. The van der Waals surface area contributed by atoms with Gasteiger partial charge in [0, 0.05) is 23.6 Å². The summed E-state index contributed by atoms with van der Waals surface area (Å²) < 4.78 is 0.890. The van der Waals surface area contributed by atoms with Crippen molar-refractivity contribution in [1.29, 1.82) is 0 Å². The molecule has 0 aliphatic carbocycles. The molecule has 1 N–H and O–H groups in total. The van der Waals surface area contributed by atoms with E-state index in [1.54, 1.807) is 12.1 Å². The van der Waals surface area contributed by atoms with Gasteiger partial charge < -0.3 is 10.2 Å². The lowest BCUT2D eigenvalue weighted by atomic mass is 9.97. The first kappa shape index (κ1) is 16.8. The molecule has 3 nitrogen and oxygen atoms in total. The first-order chi connectivity index (χ1) is 9.97. The Kier molecular flexibility index (Phi) is 6.08. The molecule has 0 saturated carbocycles. The Morgan fingerprint density at radius 2 is 2.29 bits per heavy atom. The molecule has 1 fully saturated rings. The number of halogens is 2. The van der Waals surface area contributed by atoms with Crippen molar-refractivity contribution < 1.29 is 4.79 Å². The van der Waals surface area contributed by atoms with E-state index in [9.17, 15) is 4.79 Å². The van der Waals surface area contributed by atoms with Crippen LogP contribution in [0.15, 0.2) is 22.7 Å². The summed E-state index contributed by atoms with van der Waals surface area (Å²) in [5.41, 5.74) is 0.595. The number of carbonyl (C=O) groups excluding carboxylic acids is 1. The van der Waals surface area contributed by atoms with Gasteiger partial charge >= 0.3 is 0 Å². The molecule has 0 spiro atoms. The van der Waals surface area contributed by atoms with E-state index in [4.69, 9.17) is 11.6 Å². The van der Waals surface area contributed by atoms with Crippen LogP contribution < -0.4 is 5.32 Å². The van der Waals surface area contributed by atoms with Gasteiger partial charge in [0.15, 0.2) is 0 Å². The molecule has 5 heteroatoms. The van der Waals surface area contributed by atoms with E-state index in [0.717, 1.165) is 30.5 Å². The molecule has 1 amide bonds. The first-order valence-corrected chi connectivity index (χ1v) is 8.62. The molecule has 1 aromatic rings. The summed E-state index contributed by atoms with van der Waals surface area (Å²) >= 11 is 9.56. The zero-order chi connectivity index (χ0) is 15.4. The summed E-state index contributed by atoms with van der Waals surface area (Å²) in [4.78, 5) is 14.6. The van der Waals surface area contributed by atoms with Gasteiger partial charge in [0.05, 0.1) is 10.6 Å². The molecule has 0 radical (unpaired) electrons. The van der Waals surface area contributed by atoms with Gasteiger partial charge in [0.25, 0.3) is 5.91 Å². The highest BCUT2D eigenvalue weighted by Crippen LogP contribution is 2.25. The van der Waals surface area contributed by atoms with Gasteiger partial charge in [0.2, 0.25) is 0 Å². The van der Waals surface area contributed by atoms with Gasteiger partial charge in [0.1, 0.15) is 0 Å². The maximum atomic E-state index is 12.6. The van der Waals surface area contributed by atoms with E-state index in [0.29, 0.717) is 22.5 Å². The van der Waals surface area contributed by atoms with Gasteiger partial charge in [-0.1, -0.05) is 41.4 Å². The Hall–Kier alpha value is -0.580. The third-order valence-electron chi connectivity index (χ3n) is 3.78. The standard InChI is InChI=1S/C16H22BrClN2O/c1-11(2)19-9-12-4-3-7-20(10-12)16(21)14-6-5-13(17)8-15(14)18/h5-6,8,11-12,19H,3-4,7,9-10H2,1-2H3. The van der Waals surface area contributed by atoms with E-state index in [1.807, 2.05) is 11.0 Å². The van der Waals surface area contributed by atoms with Crippen LogP contribution in [0, 0.1) is 5.92 Å². The number of likely N-dealkylation sites (tertiary alicyclic amines) is 1. The number of nitrogens with one attached hydrogen (secondary N) is 1. The van der Waals surface area contributed by atoms with E-state index in [-0.39, 0.29) is 5.91 Å². The minimum atomic E-state index is 0.0433. The van der Waals surface area contributed by atoms with Gasteiger partial charge in [-0.05, 0) is 43.5 Å². The summed E-state index contributed by atoms with van der Waals surface area (Å²) in [7, 11) is 0. The number of carbonyl (C=O) groups is 1. The number of rotatable bonds is 4. The van der Waals surface area contributed by atoms with Crippen molar-refractivity contribution in [3.63, 3.8) is 0 Å². The van der Waals surface area contributed by atoms with Crippen LogP contribution >= 0.6 is 27.5 Å².